The van der Waals surface area contributed by atoms with E-state index in [0.29, 0.717) is 0 Å². The predicted molar refractivity (Wildman–Crippen MR) is 45.1 cm³/mol. The Morgan fingerprint density at radius 3 is 2.15 bits per heavy atom. The van der Waals surface area contributed by atoms with Gasteiger partial charge in [-0.15, -0.1) is 0 Å². The molecule has 5 nitrogen and oxygen atoms in total. The van der Waals surface area contributed by atoms with Crippen LogP contribution in [0.25, 0.3) is 0 Å². The first-order valence-electron chi connectivity index (χ1n) is 3.94. The molecule has 0 aromatic rings. The maximum Gasteiger partial charge on any atom is 0.302 e. The van der Waals surface area contributed by atoms with Crippen molar-refractivity contribution in [3.05, 3.63) is 0 Å². The van der Waals surface area contributed by atoms with Crippen molar-refractivity contribution in [1.82, 2.24) is 0 Å². The molecule has 13 heavy (non-hydrogen) atoms. The number of rotatable bonds is 6. The van der Waals surface area contributed by atoms with E-state index in [4.69, 9.17) is 19.7 Å². The average Bonchev–Trinajstić information content (AvgIpc) is 2.12. The van der Waals surface area contributed by atoms with Gasteiger partial charge >= 0.3 is 5.97 Å². The average molecular weight is 192 g/mol. The van der Waals surface area contributed by atoms with Crippen LogP contribution in [-0.2, 0) is 14.3 Å². The molecule has 0 aliphatic rings. The lowest BCUT2D eigenvalue weighted by atomic mass is 9.92. The summed E-state index contributed by atoms with van der Waals surface area (Å²) in [5.74, 6) is -0.442. The van der Waals surface area contributed by atoms with Crippen LogP contribution in [-0.4, -0.2) is 49.7 Å². The summed E-state index contributed by atoms with van der Waals surface area (Å²) in [6, 6.07) is 0. The van der Waals surface area contributed by atoms with Crippen LogP contribution >= 0.6 is 0 Å². The van der Waals surface area contributed by atoms with E-state index in [1.165, 1.54) is 14.0 Å². The van der Waals surface area contributed by atoms with Crippen molar-refractivity contribution in [2.75, 3.05) is 33.5 Å². The van der Waals surface area contributed by atoms with E-state index in [2.05, 4.69) is 0 Å². The van der Waals surface area contributed by atoms with Gasteiger partial charge in [-0.1, -0.05) is 0 Å². The molecule has 5 heteroatoms. The van der Waals surface area contributed by atoms with Gasteiger partial charge in [0.15, 0.2) is 0 Å². The van der Waals surface area contributed by atoms with Crippen molar-refractivity contribution in [2.45, 2.75) is 6.92 Å². The Morgan fingerprint density at radius 1 is 1.31 bits per heavy atom. The molecule has 0 atom stereocenters. The summed E-state index contributed by atoms with van der Waals surface area (Å²) in [4.78, 5) is 10.5. The van der Waals surface area contributed by atoms with Gasteiger partial charge in [-0.2, -0.15) is 0 Å². The van der Waals surface area contributed by atoms with Crippen LogP contribution in [0.1, 0.15) is 6.92 Å². The number of carbonyl (C=O) groups is 1. The van der Waals surface area contributed by atoms with Crippen LogP contribution < -0.4 is 0 Å². The highest BCUT2D eigenvalue weighted by Crippen LogP contribution is 2.16. The molecule has 0 saturated carbocycles. The van der Waals surface area contributed by atoms with E-state index in [-0.39, 0.29) is 26.4 Å². The standard InChI is InChI=1S/C8H16O5/c1-7(11)13-6-8(3-9,4-10)5-12-2/h9-10H,3-6H2,1-2H3. The Kier molecular flexibility index (Phi) is 5.61. The van der Waals surface area contributed by atoms with E-state index in [9.17, 15) is 4.79 Å². The highest BCUT2D eigenvalue weighted by molar-refractivity contribution is 5.65. The third-order valence-corrected chi connectivity index (χ3v) is 1.70. The Labute approximate surface area is 77.3 Å². The first-order chi connectivity index (χ1) is 6.10. The van der Waals surface area contributed by atoms with Crippen molar-refractivity contribution >= 4 is 5.97 Å². The zero-order valence-electron chi connectivity index (χ0n) is 7.95. The van der Waals surface area contributed by atoms with Gasteiger partial charge in [-0.25, -0.2) is 0 Å². The molecule has 2 N–H and O–H groups in total. The molecule has 0 amide bonds. The lowest BCUT2D eigenvalue weighted by Crippen LogP contribution is -2.39. The summed E-state index contributed by atoms with van der Waals surface area (Å²) in [7, 11) is 1.45. The van der Waals surface area contributed by atoms with Crippen LogP contribution in [0.2, 0.25) is 0 Å². The molecular weight excluding hydrogens is 176 g/mol. The SMILES string of the molecule is COCC(CO)(CO)COC(C)=O. The third-order valence-electron chi connectivity index (χ3n) is 1.70. The van der Waals surface area contributed by atoms with Crippen molar-refractivity contribution in [3.8, 4) is 0 Å². The van der Waals surface area contributed by atoms with Crippen molar-refractivity contribution in [3.63, 3.8) is 0 Å². The normalized spacial score (nSPS) is 11.4. The number of aliphatic hydroxyl groups excluding tert-OH is 2. The third kappa shape index (κ3) is 4.21. The maximum atomic E-state index is 10.5. The Balaban J connectivity index is 4.12. The van der Waals surface area contributed by atoms with E-state index >= 15 is 0 Å². The van der Waals surface area contributed by atoms with E-state index in [1.54, 1.807) is 0 Å². The van der Waals surface area contributed by atoms with Crippen LogP contribution in [0.15, 0.2) is 0 Å². The summed E-state index contributed by atoms with van der Waals surface area (Å²) < 4.78 is 9.51. The number of aliphatic hydroxyl groups is 2. The van der Waals surface area contributed by atoms with Crippen LogP contribution in [0.3, 0.4) is 0 Å². The lowest BCUT2D eigenvalue weighted by molar-refractivity contribution is -0.149. The summed E-state index contributed by atoms with van der Waals surface area (Å²) in [6.07, 6.45) is 0. The van der Waals surface area contributed by atoms with Gasteiger partial charge in [0, 0.05) is 14.0 Å². The monoisotopic (exact) mass is 192 g/mol. The maximum absolute atomic E-state index is 10.5. The molecule has 0 heterocycles. The molecule has 0 spiro atoms. The predicted octanol–water partition coefficient (Wildman–Crippen LogP) is -0.833. The summed E-state index contributed by atoms with van der Waals surface area (Å²) in [5.41, 5.74) is -0.888. The van der Waals surface area contributed by atoms with E-state index in [1.807, 2.05) is 0 Å². The first kappa shape index (κ1) is 12.3. The molecule has 0 bridgehead atoms. The minimum Gasteiger partial charge on any atom is -0.465 e. The van der Waals surface area contributed by atoms with Crippen LogP contribution in [0.5, 0.6) is 0 Å². The highest BCUT2D eigenvalue weighted by Gasteiger charge is 2.30. The minimum absolute atomic E-state index is 0.0385. The zero-order chi connectivity index (χ0) is 10.3. The Hall–Kier alpha value is -0.650. The van der Waals surface area contributed by atoms with Gasteiger partial charge in [0.25, 0.3) is 0 Å². The second-order valence-electron chi connectivity index (χ2n) is 3.03. The molecule has 78 valence electrons. The number of hydrogen-bond acceptors (Lipinski definition) is 5. The van der Waals surface area contributed by atoms with Crippen LogP contribution in [0.4, 0.5) is 0 Å². The smallest absolute Gasteiger partial charge is 0.302 e. The Bertz CT molecular complexity index is 153. The van der Waals surface area contributed by atoms with Crippen molar-refractivity contribution in [2.24, 2.45) is 5.41 Å². The highest BCUT2D eigenvalue weighted by atomic mass is 16.5. The molecule has 0 aromatic carbocycles. The van der Waals surface area contributed by atoms with Crippen molar-refractivity contribution < 1.29 is 24.5 Å². The van der Waals surface area contributed by atoms with Gasteiger partial charge in [0.05, 0.1) is 25.2 Å². The van der Waals surface area contributed by atoms with Crippen molar-refractivity contribution in [1.29, 1.82) is 0 Å². The molecule has 0 unspecified atom stereocenters. The molecule has 0 aliphatic carbocycles. The largest absolute Gasteiger partial charge is 0.465 e. The number of carbonyl (C=O) groups excluding carboxylic acids is 1. The fourth-order valence-corrected chi connectivity index (χ4v) is 0.835. The first-order valence-corrected chi connectivity index (χ1v) is 3.94. The van der Waals surface area contributed by atoms with Crippen LogP contribution in [0, 0.1) is 5.41 Å². The molecule has 0 saturated heterocycles. The van der Waals surface area contributed by atoms with Gasteiger partial charge in [0.2, 0.25) is 0 Å². The van der Waals surface area contributed by atoms with Gasteiger partial charge < -0.3 is 19.7 Å². The second-order valence-corrected chi connectivity index (χ2v) is 3.03. The van der Waals surface area contributed by atoms with Gasteiger partial charge in [0.1, 0.15) is 6.61 Å². The molecule has 0 rings (SSSR count). The summed E-state index contributed by atoms with van der Waals surface area (Å²) >= 11 is 0. The van der Waals surface area contributed by atoms with E-state index < -0.39 is 11.4 Å². The topological polar surface area (TPSA) is 76.0 Å². The van der Waals surface area contributed by atoms with E-state index in [0.717, 1.165) is 0 Å². The zero-order valence-corrected chi connectivity index (χ0v) is 7.95. The fraction of sp³-hybridized carbons (Fsp3) is 0.875. The van der Waals surface area contributed by atoms with Gasteiger partial charge in [-0.05, 0) is 0 Å². The molecule has 0 aliphatic heterocycles. The number of hydrogen-bond donors (Lipinski definition) is 2. The summed E-state index contributed by atoms with van der Waals surface area (Å²) in [6.45, 7) is 0.804. The molecule has 0 fully saturated rings. The fourth-order valence-electron chi connectivity index (χ4n) is 0.835. The minimum atomic E-state index is -0.888. The number of methoxy groups -OCH3 is 1. The summed E-state index contributed by atoms with van der Waals surface area (Å²) in [5, 5.41) is 18.0. The van der Waals surface area contributed by atoms with Gasteiger partial charge in [-0.3, -0.25) is 4.79 Å². The number of esters is 1. The second kappa shape index (κ2) is 5.90. The number of ether oxygens (including phenoxy) is 2. The quantitative estimate of drug-likeness (QED) is 0.537. The molecular formula is C8H16O5. The molecule has 0 aromatic heterocycles. The molecule has 0 radical (unpaired) electrons. The lowest BCUT2D eigenvalue weighted by Gasteiger charge is -2.27. The Morgan fingerprint density at radius 2 is 1.85 bits per heavy atom.